The summed E-state index contributed by atoms with van der Waals surface area (Å²) in [5, 5.41) is 1.80. The molecule has 3 aromatic carbocycles. The lowest BCUT2D eigenvalue weighted by atomic mass is 9.97. The molecule has 5 rings (SSSR count). The Kier molecular flexibility index (Phi) is 5.42. The van der Waals surface area contributed by atoms with Crippen LogP contribution in [-0.2, 0) is 26.0 Å². The smallest absolute Gasteiger partial charge is 0.247 e. The van der Waals surface area contributed by atoms with Crippen molar-refractivity contribution in [1.82, 2.24) is 14.1 Å². The van der Waals surface area contributed by atoms with E-state index < -0.39 is 22.1 Å². The highest BCUT2D eigenvalue weighted by Gasteiger charge is 2.48. The van der Waals surface area contributed by atoms with Gasteiger partial charge in [-0.3, -0.25) is 9.59 Å². The third kappa shape index (κ3) is 3.79. The number of hydrogen-bond donors (Lipinski definition) is 0. The normalized spacial score (nSPS) is 22.0. The number of rotatable bonds is 4. The third-order valence-electron chi connectivity index (χ3n) is 6.64. The average Bonchev–Trinajstić information content (AvgIpc) is 2.85. The largest absolute Gasteiger partial charge is 0.332 e. The molecule has 8 heteroatoms. The zero-order valence-corrected chi connectivity index (χ0v) is 19.1. The molecule has 2 amide bonds. The number of amides is 2. The van der Waals surface area contributed by atoms with Crippen molar-refractivity contribution in [2.45, 2.75) is 23.4 Å². The zero-order chi connectivity index (χ0) is 23.2. The summed E-state index contributed by atoms with van der Waals surface area (Å²) >= 11 is 0. The molecule has 2 atom stereocenters. The summed E-state index contributed by atoms with van der Waals surface area (Å²) in [5.74, 6) is -0.359. The maximum atomic E-state index is 13.4. The number of carbonyl (C=O) groups excluding carboxylic acids is 2. The Balaban J connectivity index is 1.38. The van der Waals surface area contributed by atoms with Crippen LogP contribution in [0.1, 0.15) is 5.56 Å². The molecule has 170 valence electrons. The SMILES string of the molecule is CN1C(=O)[C@H]2CN(S(=O)(=O)c3ccc4ccccc4c3)CCN2C(=O)[C@@H]1Cc1ccccc1. The molecule has 0 spiro atoms. The molecule has 2 aliphatic heterocycles. The van der Waals surface area contributed by atoms with Gasteiger partial charge < -0.3 is 9.80 Å². The summed E-state index contributed by atoms with van der Waals surface area (Å²) in [6.07, 6.45) is 0.435. The van der Waals surface area contributed by atoms with Gasteiger partial charge in [0.15, 0.2) is 0 Å². The minimum atomic E-state index is -3.80. The lowest BCUT2D eigenvalue weighted by Crippen LogP contribution is -2.70. The molecule has 2 heterocycles. The number of fused-ring (bicyclic) bond motifs is 2. The molecule has 0 bridgehead atoms. The molecule has 33 heavy (non-hydrogen) atoms. The van der Waals surface area contributed by atoms with E-state index in [0.717, 1.165) is 16.3 Å². The van der Waals surface area contributed by atoms with Crippen molar-refractivity contribution in [2.75, 3.05) is 26.7 Å². The van der Waals surface area contributed by atoms with Crippen molar-refractivity contribution >= 4 is 32.6 Å². The van der Waals surface area contributed by atoms with Gasteiger partial charge in [0, 0.05) is 33.1 Å². The van der Waals surface area contributed by atoms with E-state index >= 15 is 0 Å². The maximum Gasteiger partial charge on any atom is 0.247 e. The van der Waals surface area contributed by atoms with Crippen molar-refractivity contribution in [3.05, 3.63) is 78.4 Å². The Morgan fingerprint density at radius 1 is 0.848 bits per heavy atom. The standard InChI is InChI=1S/C25H25N3O4S/c1-26-22(15-18-7-3-2-4-8-18)25(30)28-14-13-27(17-23(28)24(26)29)33(31,32)21-12-11-19-9-5-6-10-20(19)16-21/h2-12,16,22-23H,13-15,17H2,1H3/t22-,23+/m0/s1. The van der Waals surface area contributed by atoms with Gasteiger partial charge in [-0.1, -0.05) is 60.7 Å². The second-order valence-electron chi connectivity index (χ2n) is 8.57. The first-order chi connectivity index (χ1) is 15.9. The number of likely N-dealkylation sites (N-methyl/N-ethyl adjacent to an activating group) is 1. The molecule has 2 saturated heterocycles. The van der Waals surface area contributed by atoms with Crippen molar-refractivity contribution in [2.24, 2.45) is 0 Å². The molecule has 3 aromatic rings. The Labute approximate surface area is 193 Å². The predicted molar refractivity (Wildman–Crippen MR) is 125 cm³/mol. The van der Waals surface area contributed by atoms with Crippen LogP contribution in [0, 0.1) is 0 Å². The van der Waals surface area contributed by atoms with E-state index in [-0.39, 0.29) is 36.3 Å². The second kappa shape index (κ2) is 8.28. The molecule has 0 aromatic heterocycles. The molecule has 2 fully saturated rings. The summed E-state index contributed by atoms with van der Waals surface area (Å²) < 4.78 is 28.1. The van der Waals surface area contributed by atoms with Gasteiger partial charge in [-0.2, -0.15) is 4.31 Å². The second-order valence-corrected chi connectivity index (χ2v) is 10.5. The minimum Gasteiger partial charge on any atom is -0.332 e. The molecule has 0 saturated carbocycles. The van der Waals surface area contributed by atoms with Crippen molar-refractivity contribution in [3.8, 4) is 0 Å². The number of piperazine rings is 2. The van der Waals surface area contributed by atoms with Gasteiger partial charge in [-0.05, 0) is 28.5 Å². The van der Waals surface area contributed by atoms with Gasteiger partial charge in [0.25, 0.3) is 0 Å². The van der Waals surface area contributed by atoms with Crippen molar-refractivity contribution in [1.29, 1.82) is 0 Å². The first-order valence-electron chi connectivity index (χ1n) is 11.0. The van der Waals surface area contributed by atoms with E-state index in [1.165, 1.54) is 9.21 Å². The van der Waals surface area contributed by atoms with Crippen molar-refractivity contribution < 1.29 is 18.0 Å². The van der Waals surface area contributed by atoms with Gasteiger partial charge in [-0.15, -0.1) is 0 Å². The fourth-order valence-electron chi connectivity index (χ4n) is 4.74. The topological polar surface area (TPSA) is 78.0 Å². The highest BCUT2D eigenvalue weighted by Crippen LogP contribution is 2.28. The van der Waals surface area contributed by atoms with Gasteiger partial charge >= 0.3 is 0 Å². The van der Waals surface area contributed by atoms with Gasteiger partial charge in [-0.25, -0.2) is 8.42 Å². The minimum absolute atomic E-state index is 0.0396. The van der Waals surface area contributed by atoms with Crippen LogP contribution >= 0.6 is 0 Å². The Morgan fingerprint density at radius 2 is 1.55 bits per heavy atom. The van der Waals surface area contributed by atoms with Gasteiger partial charge in [0.2, 0.25) is 21.8 Å². The number of hydrogen-bond acceptors (Lipinski definition) is 4. The predicted octanol–water partition coefficient (Wildman–Crippen LogP) is 2.12. The monoisotopic (exact) mass is 463 g/mol. The van der Waals surface area contributed by atoms with Crippen LogP contribution in [0.5, 0.6) is 0 Å². The average molecular weight is 464 g/mol. The van der Waals surface area contributed by atoms with Gasteiger partial charge in [0.1, 0.15) is 12.1 Å². The number of benzene rings is 3. The summed E-state index contributed by atoms with van der Waals surface area (Å²) in [4.78, 5) is 29.7. The zero-order valence-electron chi connectivity index (χ0n) is 18.3. The number of carbonyl (C=O) groups is 2. The number of sulfonamides is 1. The molecule has 0 N–H and O–H groups in total. The first-order valence-corrected chi connectivity index (χ1v) is 12.4. The van der Waals surface area contributed by atoms with E-state index in [1.807, 2.05) is 54.6 Å². The Hall–Kier alpha value is -3.23. The Bertz CT molecular complexity index is 1330. The van der Waals surface area contributed by atoms with Crippen LogP contribution in [0.3, 0.4) is 0 Å². The number of nitrogens with zero attached hydrogens (tertiary/aromatic N) is 3. The van der Waals surface area contributed by atoms with Crippen LogP contribution < -0.4 is 0 Å². The van der Waals surface area contributed by atoms with Crippen LogP contribution in [-0.4, -0.2) is 73.1 Å². The summed E-state index contributed by atoms with van der Waals surface area (Å²) in [5.41, 5.74) is 0.978. The molecule has 7 nitrogen and oxygen atoms in total. The summed E-state index contributed by atoms with van der Waals surface area (Å²) in [6.45, 7) is 0.315. The summed E-state index contributed by atoms with van der Waals surface area (Å²) in [7, 11) is -2.17. The highest BCUT2D eigenvalue weighted by molar-refractivity contribution is 7.89. The molecule has 0 unspecified atom stereocenters. The van der Waals surface area contributed by atoms with Crippen LogP contribution in [0.2, 0.25) is 0 Å². The maximum absolute atomic E-state index is 13.4. The first kappa shape index (κ1) is 21.6. The van der Waals surface area contributed by atoms with Crippen LogP contribution in [0.25, 0.3) is 10.8 Å². The molecule has 0 radical (unpaired) electrons. The third-order valence-corrected chi connectivity index (χ3v) is 8.50. The van der Waals surface area contributed by atoms with E-state index in [9.17, 15) is 18.0 Å². The van der Waals surface area contributed by atoms with E-state index in [2.05, 4.69) is 0 Å². The van der Waals surface area contributed by atoms with E-state index in [1.54, 1.807) is 30.1 Å². The van der Waals surface area contributed by atoms with Crippen molar-refractivity contribution in [3.63, 3.8) is 0 Å². The van der Waals surface area contributed by atoms with Crippen LogP contribution in [0.4, 0.5) is 0 Å². The van der Waals surface area contributed by atoms with E-state index in [0.29, 0.717) is 6.42 Å². The lowest BCUT2D eigenvalue weighted by molar-refractivity contribution is -0.162. The molecular formula is C25H25N3O4S. The van der Waals surface area contributed by atoms with Crippen LogP contribution in [0.15, 0.2) is 77.7 Å². The Morgan fingerprint density at radius 3 is 2.30 bits per heavy atom. The molecular weight excluding hydrogens is 438 g/mol. The molecule has 0 aliphatic carbocycles. The molecule has 2 aliphatic rings. The highest BCUT2D eigenvalue weighted by atomic mass is 32.2. The summed E-state index contributed by atoms with van der Waals surface area (Å²) in [6, 6.07) is 20.8. The fraction of sp³-hybridized carbons (Fsp3) is 0.280. The van der Waals surface area contributed by atoms with E-state index in [4.69, 9.17) is 0 Å². The lowest BCUT2D eigenvalue weighted by Gasteiger charge is -2.47. The quantitative estimate of drug-likeness (QED) is 0.594. The fourth-order valence-corrected chi connectivity index (χ4v) is 6.21. The van der Waals surface area contributed by atoms with Gasteiger partial charge in [0.05, 0.1) is 4.90 Å².